The molecular formula is C23H24N4O3. The first kappa shape index (κ1) is 18.8. The van der Waals surface area contributed by atoms with Gasteiger partial charge in [0.2, 0.25) is 5.91 Å². The summed E-state index contributed by atoms with van der Waals surface area (Å²) in [6.07, 6.45) is 0.347. The average Bonchev–Trinajstić information content (AvgIpc) is 3.15. The molecule has 0 aliphatic carbocycles. The van der Waals surface area contributed by atoms with E-state index in [1.54, 1.807) is 0 Å². The van der Waals surface area contributed by atoms with E-state index in [2.05, 4.69) is 9.97 Å². The van der Waals surface area contributed by atoms with Crippen LogP contribution in [0.1, 0.15) is 28.2 Å². The Hall–Kier alpha value is -3.19. The van der Waals surface area contributed by atoms with Crippen LogP contribution in [0.2, 0.25) is 0 Å². The molecule has 2 aliphatic heterocycles. The maximum Gasteiger partial charge on any atom is 0.254 e. The smallest absolute Gasteiger partial charge is 0.254 e. The van der Waals surface area contributed by atoms with E-state index < -0.39 is 5.54 Å². The Balaban J connectivity index is 1.45. The first-order valence-electron chi connectivity index (χ1n) is 10.2. The highest BCUT2D eigenvalue weighted by molar-refractivity contribution is 5.97. The Bertz CT molecular complexity index is 1130. The number of aromatic amines is 1. The number of imidazole rings is 1. The zero-order chi connectivity index (χ0) is 20.9. The van der Waals surface area contributed by atoms with Gasteiger partial charge in [-0.05, 0) is 37.1 Å². The highest BCUT2D eigenvalue weighted by Gasteiger charge is 2.53. The summed E-state index contributed by atoms with van der Waals surface area (Å²) in [5.41, 5.74) is 2.82. The van der Waals surface area contributed by atoms with Gasteiger partial charge in [0, 0.05) is 25.7 Å². The van der Waals surface area contributed by atoms with Crippen LogP contribution in [-0.2, 0) is 15.1 Å². The van der Waals surface area contributed by atoms with Crippen molar-refractivity contribution in [2.24, 2.45) is 0 Å². The summed E-state index contributed by atoms with van der Waals surface area (Å²) in [5, 5.41) is 0. The summed E-state index contributed by atoms with van der Waals surface area (Å²) in [7, 11) is 1.84. The van der Waals surface area contributed by atoms with Crippen LogP contribution in [0, 0.1) is 6.92 Å². The number of ether oxygens (including phenoxy) is 1. The van der Waals surface area contributed by atoms with Crippen LogP contribution in [0.4, 0.5) is 0 Å². The number of carbonyl (C=O) groups excluding carboxylic acids is 2. The number of fused-ring (bicyclic) bond motifs is 2. The van der Waals surface area contributed by atoms with E-state index in [1.807, 2.05) is 72.3 Å². The highest BCUT2D eigenvalue weighted by Crippen LogP contribution is 2.42. The predicted octanol–water partition coefficient (Wildman–Crippen LogP) is 2.47. The molecule has 2 atom stereocenters. The highest BCUT2D eigenvalue weighted by atomic mass is 16.5. The summed E-state index contributed by atoms with van der Waals surface area (Å²) < 4.78 is 6.01. The SMILES string of the molecule is Cc1nc2ccc(C(=O)N3CC[C@]4(c5ccccc5)[C@@H](C3)OCC(=O)N4C)cc2[nH]1. The molecule has 154 valence electrons. The van der Waals surface area contributed by atoms with Crippen molar-refractivity contribution < 1.29 is 14.3 Å². The third kappa shape index (κ3) is 2.81. The Morgan fingerprint density at radius 2 is 2.03 bits per heavy atom. The third-order valence-electron chi connectivity index (χ3n) is 6.47. The number of H-pyrrole nitrogens is 1. The number of piperidine rings is 1. The number of aromatic nitrogens is 2. The summed E-state index contributed by atoms with van der Waals surface area (Å²) in [4.78, 5) is 37.0. The van der Waals surface area contributed by atoms with E-state index in [4.69, 9.17) is 4.74 Å². The summed E-state index contributed by atoms with van der Waals surface area (Å²) in [6.45, 7) is 2.92. The number of benzene rings is 2. The largest absolute Gasteiger partial charge is 0.364 e. The van der Waals surface area contributed by atoms with Crippen LogP contribution in [-0.4, -0.2) is 64.4 Å². The number of likely N-dealkylation sites (N-methyl/N-ethyl adjacent to an activating group) is 1. The van der Waals surface area contributed by atoms with Crippen molar-refractivity contribution in [3.8, 4) is 0 Å². The Kier molecular flexibility index (Phi) is 4.36. The molecule has 7 heteroatoms. The molecule has 5 rings (SSSR count). The molecule has 1 N–H and O–H groups in total. The number of nitrogens with one attached hydrogen (secondary N) is 1. The zero-order valence-corrected chi connectivity index (χ0v) is 17.1. The second kappa shape index (κ2) is 6.95. The monoisotopic (exact) mass is 404 g/mol. The van der Waals surface area contributed by atoms with Gasteiger partial charge in [-0.15, -0.1) is 0 Å². The molecule has 0 unspecified atom stereocenters. The number of aryl methyl sites for hydroxylation is 1. The molecule has 0 saturated carbocycles. The first-order chi connectivity index (χ1) is 14.5. The van der Waals surface area contributed by atoms with Gasteiger partial charge in [-0.1, -0.05) is 30.3 Å². The van der Waals surface area contributed by atoms with Crippen molar-refractivity contribution in [2.75, 3.05) is 26.7 Å². The van der Waals surface area contributed by atoms with Gasteiger partial charge in [0.25, 0.3) is 5.91 Å². The fraction of sp³-hybridized carbons (Fsp3) is 0.348. The fourth-order valence-corrected chi connectivity index (χ4v) is 4.86. The van der Waals surface area contributed by atoms with E-state index in [-0.39, 0.29) is 24.5 Å². The van der Waals surface area contributed by atoms with Crippen LogP contribution in [0.5, 0.6) is 0 Å². The van der Waals surface area contributed by atoms with Crippen LogP contribution < -0.4 is 0 Å². The maximum atomic E-state index is 13.3. The molecule has 2 aliphatic rings. The molecule has 30 heavy (non-hydrogen) atoms. The molecule has 0 bridgehead atoms. The number of carbonyl (C=O) groups is 2. The van der Waals surface area contributed by atoms with Gasteiger partial charge in [0.1, 0.15) is 18.5 Å². The number of rotatable bonds is 2. The number of nitrogens with zero attached hydrogens (tertiary/aromatic N) is 3. The van der Waals surface area contributed by atoms with Crippen molar-refractivity contribution in [2.45, 2.75) is 25.0 Å². The standard InChI is InChI=1S/C23H24N4O3/c1-15-24-18-9-8-16(12-19(18)25-15)22(29)27-11-10-23(17-6-4-3-5-7-17)20(13-27)30-14-21(28)26(23)2/h3-9,12,20H,10-11,13-14H2,1-2H3,(H,24,25)/t20-,23+/m1/s1. The Labute approximate surface area is 174 Å². The number of morpholine rings is 1. The van der Waals surface area contributed by atoms with E-state index in [1.165, 1.54) is 0 Å². The Morgan fingerprint density at radius 1 is 1.23 bits per heavy atom. The lowest BCUT2D eigenvalue weighted by atomic mass is 9.76. The van der Waals surface area contributed by atoms with Gasteiger partial charge in [-0.3, -0.25) is 9.59 Å². The van der Waals surface area contributed by atoms with Crippen molar-refractivity contribution >= 4 is 22.8 Å². The van der Waals surface area contributed by atoms with E-state index in [0.717, 1.165) is 22.4 Å². The second-order valence-corrected chi connectivity index (χ2v) is 8.10. The molecular weight excluding hydrogens is 380 g/mol. The van der Waals surface area contributed by atoms with Crippen LogP contribution >= 0.6 is 0 Å². The van der Waals surface area contributed by atoms with Crippen LogP contribution in [0.25, 0.3) is 11.0 Å². The van der Waals surface area contributed by atoms with Crippen molar-refractivity contribution in [1.82, 2.24) is 19.8 Å². The molecule has 0 spiro atoms. The minimum atomic E-state index is -0.558. The molecule has 2 amide bonds. The lowest BCUT2D eigenvalue weighted by molar-refractivity contribution is -0.180. The minimum absolute atomic E-state index is 0.0325. The van der Waals surface area contributed by atoms with Crippen molar-refractivity contribution in [3.63, 3.8) is 0 Å². The molecule has 3 aromatic rings. The van der Waals surface area contributed by atoms with Crippen LogP contribution in [0.3, 0.4) is 0 Å². The normalized spacial score (nSPS) is 24.2. The van der Waals surface area contributed by atoms with Gasteiger partial charge in [0.05, 0.1) is 16.6 Å². The fourth-order valence-electron chi connectivity index (χ4n) is 4.86. The van der Waals surface area contributed by atoms with Crippen molar-refractivity contribution in [1.29, 1.82) is 0 Å². The Morgan fingerprint density at radius 3 is 2.83 bits per heavy atom. The molecule has 2 fully saturated rings. The third-order valence-corrected chi connectivity index (χ3v) is 6.47. The molecule has 7 nitrogen and oxygen atoms in total. The lowest BCUT2D eigenvalue weighted by Crippen LogP contribution is -2.67. The predicted molar refractivity (Wildman–Crippen MR) is 112 cm³/mol. The van der Waals surface area contributed by atoms with Gasteiger partial charge in [-0.2, -0.15) is 0 Å². The zero-order valence-electron chi connectivity index (χ0n) is 17.1. The molecule has 3 heterocycles. The minimum Gasteiger partial charge on any atom is -0.364 e. The summed E-state index contributed by atoms with van der Waals surface area (Å²) >= 11 is 0. The maximum absolute atomic E-state index is 13.3. The van der Waals surface area contributed by atoms with Crippen molar-refractivity contribution in [3.05, 3.63) is 65.5 Å². The number of hydrogen-bond acceptors (Lipinski definition) is 4. The topological polar surface area (TPSA) is 78.5 Å². The average molecular weight is 404 g/mol. The quantitative estimate of drug-likeness (QED) is 0.712. The summed E-state index contributed by atoms with van der Waals surface area (Å²) in [6, 6.07) is 15.5. The first-order valence-corrected chi connectivity index (χ1v) is 10.2. The number of amides is 2. The molecule has 2 saturated heterocycles. The van der Waals surface area contributed by atoms with Gasteiger partial charge in [-0.25, -0.2) is 4.98 Å². The van der Waals surface area contributed by atoms with Crippen LogP contribution in [0.15, 0.2) is 48.5 Å². The van der Waals surface area contributed by atoms with E-state index >= 15 is 0 Å². The van der Waals surface area contributed by atoms with E-state index in [0.29, 0.717) is 25.1 Å². The van der Waals surface area contributed by atoms with Gasteiger partial charge in [0.15, 0.2) is 0 Å². The summed E-state index contributed by atoms with van der Waals surface area (Å²) in [5.74, 6) is 0.757. The number of hydrogen-bond donors (Lipinski definition) is 1. The number of likely N-dealkylation sites (tertiary alicyclic amines) is 1. The van der Waals surface area contributed by atoms with Gasteiger partial charge < -0.3 is 19.5 Å². The second-order valence-electron chi connectivity index (χ2n) is 8.10. The lowest BCUT2D eigenvalue weighted by Gasteiger charge is -2.54. The molecule has 1 aromatic heterocycles. The van der Waals surface area contributed by atoms with Gasteiger partial charge >= 0.3 is 0 Å². The molecule has 2 aromatic carbocycles. The van der Waals surface area contributed by atoms with E-state index in [9.17, 15) is 9.59 Å². The molecule has 0 radical (unpaired) electrons.